The Morgan fingerprint density at radius 1 is 1.25 bits per heavy atom. The Kier molecular flexibility index (Phi) is 2.48. The van der Waals surface area contributed by atoms with Crippen LogP contribution in [-0.2, 0) is 0 Å². The molecule has 2 aromatic rings. The Labute approximate surface area is 91.9 Å². The maximum absolute atomic E-state index is 11.4. The minimum atomic E-state index is -0.216. The molecule has 2 rings (SSSR count). The number of hydrogen-bond donors (Lipinski definition) is 1. The number of H-pyrrole nitrogens is 1. The van der Waals surface area contributed by atoms with Gasteiger partial charge in [0.25, 0.3) is 0 Å². The molecule has 82 valence electrons. The van der Waals surface area contributed by atoms with Gasteiger partial charge in [0, 0.05) is 17.0 Å². The van der Waals surface area contributed by atoms with Crippen LogP contribution in [0, 0.1) is 0 Å². The van der Waals surface area contributed by atoms with E-state index in [0.717, 1.165) is 0 Å². The number of Topliss-reactive ketones (excluding diaryl/α,β-unsaturated/α-hetero) is 1. The Hall–Kier alpha value is -2.10. The molecular formula is C12H11NO3. The lowest BCUT2D eigenvalue weighted by Gasteiger charge is -2.07. The highest BCUT2D eigenvalue weighted by molar-refractivity contribution is 6.07. The third-order valence-electron chi connectivity index (χ3n) is 2.46. The number of nitrogens with one attached hydrogen (secondary N) is 1. The maximum atomic E-state index is 11.4. The second-order valence-electron chi connectivity index (χ2n) is 3.48. The van der Waals surface area contributed by atoms with Gasteiger partial charge in [0.15, 0.2) is 5.78 Å². The number of ketones is 1. The van der Waals surface area contributed by atoms with E-state index in [4.69, 9.17) is 4.74 Å². The first-order valence-corrected chi connectivity index (χ1v) is 4.84. The molecule has 1 heterocycles. The molecule has 0 aliphatic carbocycles. The quantitative estimate of drug-likeness (QED) is 0.779. The molecule has 0 fully saturated rings. The van der Waals surface area contributed by atoms with Crippen LogP contribution in [0.25, 0.3) is 10.9 Å². The molecule has 1 aromatic heterocycles. The lowest BCUT2D eigenvalue weighted by atomic mass is 10.0. The van der Waals surface area contributed by atoms with Crippen molar-refractivity contribution in [3.63, 3.8) is 0 Å². The standard InChI is InChI=1S/C12H11NO3/c1-7(14)8-3-5-10(16-2)12-9(8)4-6-11(15)13-12/h3-6H,1-2H3,(H,13,15). The summed E-state index contributed by atoms with van der Waals surface area (Å²) in [6.07, 6.45) is 0. The van der Waals surface area contributed by atoms with Gasteiger partial charge >= 0.3 is 0 Å². The summed E-state index contributed by atoms with van der Waals surface area (Å²) in [5, 5.41) is 0.700. The van der Waals surface area contributed by atoms with Crippen molar-refractivity contribution in [2.75, 3.05) is 7.11 Å². The topological polar surface area (TPSA) is 59.2 Å². The smallest absolute Gasteiger partial charge is 0.248 e. The van der Waals surface area contributed by atoms with Gasteiger partial charge < -0.3 is 9.72 Å². The van der Waals surface area contributed by atoms with Gasteiger partial charge in [0.05, 0.1) is 12.6 Å². The second-order valence-corrected chi connectivity index (χ2v) is 3.48. The highest BCUT2D eigenvalue weighted by Crippen LogP contribution is 2.25. The number of ether oxygens (including phenoxy) is 1. The number of benzene rings is 1. The lowest BCUT2D eigenvalue weighted by molar-refractivity contribution is 0.101. The number of carbonyl (C=O) groups excluding carboxylic acids is 1. The third-order valence-corrected chi connectivity index (χ3v) is 2.46. The van der Waals surface area contributed by atoms with Crippen molar-refractivity contribution >= 4 is 16.7 Å². The number of aromatic amines is 1. The van der Waals surface area contributed by atoms with Gasteiger partial charge in [-0.1, -0.05) is 0 Å². The van der Waals surface area contributed by atoms with Crippen LogP contribution in [0.1, 0.15) is 17.3 Å². The Bertz CT molecular complexity index is 613. The normalized spacial score (nSPS) is 10.4. The van der Waals surface area contributed by atoms with Crippen LogP contribution in [0.5, 0.6) is 5.75 Å². The largest absolute Gasteiger partial charge is 0.495 e. The number of hydrogen-bond acceptors (Lipinski definition) is 3. The fourth-order valence-electron chi connectivity index (χ4n) is 1.70. The molecule has 0 saturated heterocycles. The van der Waals surface area contributed by atoms with E-state index in [2.05, 4.69) is 4.98 Å². The van der Waals surface area contributed by atoms with Crippen molar-refractivity contribution < 1.29 is 9.53 Å². The molecule has 0 atom stereocenters. The summed E-state index contributed by atoms with van der Waals surface area (Å²) >= 11 is 0. The van der Waals surface area contributed by atoms with Crippen LogP contribution >= 0.6 is 0 Å². The zero-order valence-electron chi connectivity index (χ0n) is 9.03. The predicted molar refractivity (Wildman–Crippen MR) is 61.1 cm³/mol. The Morgan fingerprint density at radius 2 is 2.00 bits per heavy atom. The molecule has 0 aliphatic heterocycles. The number of rotatable bonds is 2. The molecule has 16 heavy (non-hydrogen) atoms. The van der Waals surface area contributed by atoms with Gasteiger partial charge in [-0.25, -0.2) is 0 Å². The highest BCUT2D eigenvalue weighted by atomic mass is 16.5. The molecule has 0 unspecified atom stereocenters. The molecule has 0 bridgehead atoms. The van der Waals surface area contributed by atoms with Gasteiger partial charge in [-0.2, -0.15) is 0 Å². The van der Waals surface area contributed by atoms with E-state index >= 15 is 0 Å². The first kappa shape index (κ1) is 10.4. The molecule has 1 N–H and O–H groups in total. The highest BCUT2D eigenvalue weighted by Gasteiger charge is 2.09. The molecule has 0 saturated carbocycles. The predicted octanol–water partition coefficient (Wildman–Crippen LogP) is 1.74. The second kappa shape index (κ2) is 3.81. The van der Waals surface area contributed by atoms with Gasteiger partial charge in [-0.05, 0) is 25.1 Å². The summed E-state index contributed by atoms with van der Waals surface area (Å²) in [6.45, 7) is 1.49. The molecule has 1 aromatic carbocycles. The zero-order valence-corrected chi connectivity index (χ0v) is 9.03. The molecule has 0 amide bonds. The summed E-state index contributed by atoms with van der Waals surface area (Å²) in [5.41, 5.74) is 0.918. The Balaban J connectivity index is 2.90. The maximum Gasteiger partial charge on any atom is 0.248 e. The summed E-state index contributed by atoms with van der Waals surface area (Å²) < 4.78 is 5.14. The summed E-state index contributed by atoms with van der Waals surface area (Å²) in [7, 11) is 1.52. The Morgan fingerprint density at radius 3 is 2.62 bits per heavy atom. The van der Waals surface area contributed by atoms with E-state index in [1.165, 1.54) is 20.1 Å². The fourth-order valence-corrected chi connectivity index (χ4v) is 1.70. The van der Waals surface area contributed by atoms with Crippen molar-refractivity contribution in [3.8, 4) is 5.75 Å². The molecule has 0 radical (unpaired) electrons. The number of carbonyl (C=O) groups is 1. The number of fused-ring (bicyclic) bond motifs is 1. The minimum absolute atomic E-state index is 0.0419. The number of pyridine rings is 1. The van der Waals surface area contributed by atoms with E-state index in [1.807, 2.05) is 0 Å². The third kappa shape index (κ3) is 1.58. The van der Waals surface area contributed by atoms with Gasteiger partial charge in [0.2, 0.25) is 5.56 Å². The fraction of sp³-hybridized carbons (Fsp3) is 0.167. The SMILES string of the molecule is COc1ccc(C(C)=O)c2ccc(=O)[nH]c12. The van der Waals surface area contributed by atoms with Crippen molar-refractivity contribution in [1.29, 1.82) is 0 Å². The van der Waals surface area contributed by atoms with Gasteiger partial charge in [-0.3, -0.25) is 9.59 Å². The monoisotopic (exact) mass is 217 g/mol. The molecule has 0 spiro atoms. The average molecular weight is 217 g/mol. The summed E-state index contributed by atoms with van der Waals surface area (Å²) in [4.78, 5) is 25.3. The summed E-state index contributed by atoms with van der Waals surface area (Å²) in [5.74, 6) is 0.511. The zero-order chi connectivity index (χ0) is 11.7. The minimum Gasteiger partial charge on any atom is -0.495 e. The van der Waals surface area contributed by atoms with E-state index in [-0.39, 0.29) is 11.3 Å². The molecule has 4 nitrogen and oxygen atoms in total. The average Bonchev–Trinajstić information content (AvgIpc) is 2.27. The van der Waals surface area contributed by atoms with E-state index < -0.39 is 0 Å². The molecular weight excluding hydrogens is 206 g/mol. The van der Waals surface area contributed by atoms with Crippen molar-refractivity contribution in [3.05, 3.63) is 40.2 Å². The van der Waals surface area contributed by atoms with Crippen molar-refractivity contribution in [1.82, 2.24) is 4.98 Å². The van der Waals surface area contributed by atoms with Crippen LogP contribution in [0.2, 0.25) is 0 Å². The first-order valence-electron chi connectivity index (χ1n) is 4.84. The van der Waals surface area contributed by atoms with Crippen LogP contribution in [0.15, 0.2) is 29.1 Å². The van der Waals surface area contributed by atoms with Crippen molar-refractivity contribution in [2.24, 2.45) is 0 Å². The van der Waals surface area contributed by atoms with Gasteiger partial charge in [-0.15, -0.1) is 0 Å². The van der Waals surface area contributed by atoms with Crippen molar-refractivity contribution in [2.45, 2.75) is 6.92 Å². The molecule has 0 aliphatic rings. The first-order chi connectivity index (χ1) is 7.63. The van der Waals surface area contributed by atoms with Crippen LogP contribution in [0.4, 0.5) is 0 Å². The number of methoxy groups -OCH3 is 1. The van der Waals surface area contributed by atoms with Crippen LogP contribution in [0.3, 0.4) is 0 Å². The molecule has 4 heteroatoms. The van der Waals surface area contributed by atoms with Crippen LogP contribution in [-0.4, -0.2) is 17.9 Å². The van der Waals surface area contributed by atoms with E-state index in [9.17, 15) is 9.59 Å². The van der Waals surface area contributed by atoms with Crippen LogP contribution < -0.4 is 10.3 Å². The van der Waals surface area contributed by atoms with Gasteiger partial charge in [0.1, 0.15) is 5.75 Å². The number of aromatic nitrogens is 1. The van der Waals surface area contributed by atoms with E-state index in [1.54, 1.807) is 18.2 Å². The summed E-state index contributed by atoms with van der Waals surface area (Å²) in [6, 6.07) is 6.40. The lowest BCUT2D eigenvalue weighted by Crippen LogP contribution is -2.05. The van der Waals surface area contributed by atoms with E-state index in [0.29, 0.717) is 22.2 Å².